The number of rotatable bonds is 6. The van der Waals surface area contributed by atoms with Crippen molar-refractivity contribution in [1.29, 1.82) is 0 Å². The first-order valence-corrected chi connectivity index (χ1v) is 9.89. The van der Waals surface area contributed by atoms with Crippen LogP contribution in [0.15, 0.2) is 88.1 Å². The molecule has 0 aliphatic rings. The monoisotopic (exact) mass is 442 g/mol. The quantitative estimate of drug-likeness (QED) is 0.255. The Morgan fingerprint density at radius 2 is 1.85 bits per heavy atom. The maximum absolute atomic E-state index is 12.5. The molecule has 33 heavy (non-hydrogen) atoms. The van der Waals surface area contributed by atoms with Crippen LogP contribution < -0.4 is 15.5 Å². The number of ether oxygens (including phenoxy) is 1. The number of non-ortho nitro benzene ring substituents is 1. The van der Waals surface area contributed by atoms with Crippen LogP contribution >= 0.6 is 0 Å². The standard InChI is InChI=1S/C25H18N2O6/c1-32-20-10-11-23-21(14-20)22(28)15-24(33-23)17-6-8-18(9-7-17)26-25(29)12-5-16-3-2-4-19(13-16)27(30)31/h2-15H,1H3,(H,26,29)/b12-5+. The van der Waals surface area contributed by atoms with E-state index in [-0.39, 0.29) is 17.0 Å². The number of amides is 1. The van der Waals surface area contributed by atoms with Gasteiger partial charge >= 0.3 is 0 Å². The molecule has 0 fully saturated rings. The van der Waals surface area contributed by atoms with E-state index >= 15 is 0 Å². The lowest BCUT2D eigenvalue weighted by atomic mass is 10.1. The largest absolute Gasteiger partial charge is 0.497 e. The Balaban J connectivity index is 1.48. The molecule has 164 valence electrons. The van der Waals surface area contributed by atoms with Crippen molar-refractivity contribution in [2.24, 2.45) is 0 Å². The van der Waals surface area contributed by atoms with Crippen LogP contribution in [-0.4, -0.2) is 17.9 Å². The van der Waals surface area contributed by atoms with Crippen molar-refractivity contribution in [3.8, 4) is 17.1 Å². The highest BCUT2D eigenvalue weighted by Crippen LogP contribution is 2.25. The zero-order valence-corrected chi connectivity index (χ0v) is 17.5. The number of hydrogen-bond acceptors (Lipinski definition) is 6. The van der Waals surface area contributed by atoms with Gasteiger partial charge in [-0.1, -0.05) is 12.1 Å². The summed E-state index contributed by atoms with van der Waals surface area (Å²) in [6, 6.07) is 19.3. The van der Waals surface area contributed by atoms with Gasteiger partial charge in [-0.05, 0) is 54.1 Å². The van der Waals surface area contributed by atoms with Crippen molar-refractivity contribution in [1.82, 2.24) is 0 Å². The van der Waals surface area contributed by atoms with E-state index < -0.39 is 4.92 Å². The SMILES string of the molecule is COc1ccc2oc(-c3ccc(NC(=O)/C=C/c4cccc([N+](=O)[O-])c4)cc3)cc(=O)c2c1. The number of anilines is 1. The molecule has 0 aliphatic heterocycles. The number of carbonyl (C=O) groups excluding carboxylic acids is 1. The molecule has 0 saturated carbocycles. The van der Waals surface area contributed by atoms with Gasteiger partial charge in [-0.2, -0.15) is 0 Å². The van der Waals surface area contributed by atoms with Gasteiger partial charge in [-0.15, -0.1) is 0 Å². The molecule has 4 aromatic rings. The molecule has 1 aromatic heterocycles. The van der Waals surface area contributed by atoms with Crippen molar-refractivity contribution in [2.75, 3.05) is 12.4 Å². The van der Waals surface area contributed by atoms with Gasteiger partial charge in [-0.3, -0.25) is 19.7 Å². The van der Waals surface area contributed by atoms with Crippen molar-refractivity contribution >= 4 is 34.3 Å². The molecule has 0 aliphatic carbocycles. The third kappa shape index (κ3) is 4.96. The molecule has 1 heterocycles. The minimum absolute atomic E-state index is 0.0485. The Bertz CT molecular complexity index is 1440. The van der Waals surface area contributed by atoms with Crippen molar-refractivity contribution in [3.05, 3.63) is 105 Å². The summed E-state index contributed by atoms with van der Waals surface area (Å²) in [6.07, 6.45) is 2.79. The normalized spacial score (nSPS) is 10.9. The smallest absolute Gasteiger partial charge is 0.270 e. The molecule has 8 heteroatoms. The highest BCUT2D eigenvalue weighted by molar-refractivity contribution is 6.02. The third-order valence-electron chi connectivity index (χ3n) is 4.88. The fourth-order valence-corrected chi connectivity index (χ4v) is 3.22. The Morgan fingerprint density at radius 1 is 1.06 bits per heavy atom. The molecular weight excluding hydrogens is 424 g/mol. The maximum Gasteiger partial charge on any atom is 0.270 e. The van der Waals surface area contributed by atoms with E-state index in [2.05, 4.69) is 5.32 Å². The van der Waals surface area contributed by atoms with Crippen LogP contribution in [0.1, 0.15) is 5.56 Å². The first-order valence-electron chi connectivity index (χ1n) is 9.89. The van der Waals surface area contributed by atoms with Gasteiger partial charge in [0.25, 0.3) is 5.69 Å². The number of benzene rings is 3. The molecular formula is C25H18N2O6. The number of nitro benzene ring substituents is 1. The second-order valence-electron chi connectivity index (χ2n) is 7.09. The summed E-state index contributed by atoms with van der Waals surface area (Å²) in [5.41, 5.74) is 1.97. The second-order valence-corrected chi connectivity index (χ2v) is 7.09. The predicted octanol–water partition coefficient (Wildman–Crippen LogP) is 5.03. The summed E-state index contributed by atoms with van der Waals surface area (Å²) in [4.78, 5) is 35.0. The highest BCUT2D eigenvalue weighted by atomic mass is 16.6. The molecule has 0 unspecified atom stereocenters. The van der Waals surface area contributed by atoms with E-state index in [1.54, 1.807) is 54.6 Å². The van der Waals surface area contributed by atoms with Crippen LogP contribution in [0.4, 0.5) is 11.4 Å². The fraction of sp³-hybridized carbons (Fsp3) is 0.0400. The zero-order valence-electron chi connectivity index (χ0n) is 17.5. The number of nitrogens with one attached hydrogen (secondary N) is 1. The Morgan fingerprint density at radius 3 is 2.58 bits per heavy atom. The minimum atomic E-state index is -0.493. The van der Waals surface area contributed by atoms with Gasteiger partial charge in [0.2, 0.25) is 5.91 Å². The van der Waals surface area contributed by atoms with Crippen LogP contribution in [0.2, 0.25) is 0 Å². The van der Waals surface area contributed by atoms with E-state index in [4.69, 9.17) is 9.15 Å². The van der Waals surface area contributed by atoms with E-state index in [0.29, 0.717) is 39.3 Å². The summed E-state index contributed by atoms with van der Waals surface area (Å²) in [5.74, 6) is 0.587. The number of nitrogens with zero attached hydrogens (tertiary/aromatic N) is 1. The van der Waals surface area contributed by atoms with Crippen LogP contribution in [0.3, 0.4) is 0 Å². The fourth-order valence-electron chi connectivity index (χ4n) is 3.22. The van der Waals surface area contributed by atoms with Crippen LogP contribution in [-0.2, 0) is 4.79 Å². The first kappa shape index (κ1) is 21.5. The van der Waals surface area contributed by atoms with E-state index in [9.17, 15) is 19.7 Å². The third-order valence-corrected chi connectivity index (χ3v) is 4.88. The average molecular weight is 442 g/mol. The number of nitro groups is 1. The van der Waals surface area contributed by atoms with E-state index in [1.165, 1.54) is 37.5 Å². The van der Waals surface area contributed by atoms with Gasteiger partial charge in [0.05, 0.1) is 17.4 Å². The van der Waals surface area contributed by atoms with Gasteiger partial charge in [-0.25, -0.2) is 0 Å². The number of methoxy groups -OCH3 is 1. The summed E-state index contributed by atoms with van der Waals surface area (Å²) in [5, 5.41) is 14.0. The summed E-state index contributed by atoms with van der Waals surface area (Å²) in [6.45, 7) is 0. The van der Waals surface area contributed by atoms with Crippen LogP contribution in [0.25, 0.3) is 28.4 Å². The Kier molecular flexibility index (Phi) is 5.99. The summed E-state index contributed by atoms with van der Waals surface area (Å²) < 4.78 is 11.0. The topological polar surface area (TPSA) is 112 Å². The average Bonchev–Trinajstić information content (AvgIpc) is 2.83. The molecule has 4 rings (SSSR count). The van der Waals surface area contributed by atoms with E-state index in [0.717, 1.165) is 0 Å². The zero-order chi connectivity index (χ0) is 23.4. The van der Waals surface area contributed by atoms with Gasteiger partial charge in [0, 0.05) is 35.5 Å². The van der Waals surface area contributed by atoms with Crippen molar-refractivity contribution < 1.29 is 18.9 Å². The first-order chi connectivity index (χ1) is 15.9. The van der Waals surface area contributed by atoms with Gasteiger partial charge < -0.3 is 14.5 Å². The Labute approximate surface area is 187 Å². The number of carbonyl (C=O) groups is 1. The lowest BCUT2D eigenvalue weighted by Crippen LogP contribution is -2.07. The predicted molar refractivity (Wildman–Crippen MR) is 125 cm³/mol. The molecule has 0 atom stereocenters. The van der Waals surface area contributed by atoms with E-state index in [1.807, 2.05) is 0 Å². The van der Waals surface area contributed by atoms with Gasteiger partial charge in [0.1, 0.15) is 17.1 Å². The summed E-state index contributed by atoms with van der Waals surface area (Å²) >= 11 is 0. The maximum atomic E-state index is 12.5. The number of fused-ring (bicyclic) bond motifs is 1. The second kappa shape index (κ2) is 9.19. The lowest BCUT2D eigenvalue weighted by molar-refractivity contribution is -0.384. The molecule has 1 amide bonds. The summed E-state index contributed by atoms with van der Waals surface area (Å²) in [7, 11) is 1.53. The molecule has 8 nitrogen and oxygen atoms in total. The molecule has 0 saturated heterocycles. The Hall–Kier alpha value is -4.72. The van der Waals surface area contributed by atoms with Crippen molar-refractivity contribution in [2.45, 2.75) is 0 Å². The molecule has 3 aromatic carbocycles. The molecule has 1 N–H and O–H groups in total. The van der Waals surface area contributed by atoms with Gasteiger partial charge in [0.15, 0.2) is 5.43 Å². The molecule has 0 bridgehead atoms. The molecule has 0 spiro atoms. The van der Waals surface area contributed by atoms with Crippen LogP contribution in [0.5, 0.6) is 5.75 Å². The highest BCUT2D eigenvalue weighted by Gasteiger charge is 2.09. The lowest BCUT2D eigenvalue weighted by Gasteiger charge is -2.06. The van der Waals surface area contributed by atoms with Crippen LogP contribution in [0, 0.1) is 10.1 Å². The van der Waals surface area contributed by atoms with Crippen molar-refractivity contribution in [3.63, 3.8) is 0 Å². The number of hydrogen-bond donors (Lipinski definition) is 1. The molecule has 0 radical (unpaired) electrons. The minimum Gasteiger partial charge on any atom is -0.497 e.